The normalized spacial score (nSPS) is 11.2. The number of nitrogens with one attached hydrogen (secondary N) is 1. The lowest BCUT2D eigenvalue weighted by molar-refractivity contribution is -0.118. The Morgan fingerprint density at radius 1 is 1.11 bits per heavy atom. The molecule has 28 heavy (non-hydrogen) atoms. The lowest BCUT2D eigenvalue weighted by atomic mass is 10.0. The number of benzene rings is 1. The van der Waals surface area contributed by atoms with E-state index in [0.717, 1.165) is 28.9 Å². The Kier molecular flexibility index (Phi) is 5.87. The SMILES string of the molecule is CC(C)Cn1cc(-c2ccnc(NC(=O)C(C)C)c2)c(-c2ccc(F)cc2)n1. The summed E-state index contributed by atoms with van der Waals surface area (Å²) < 4.78 is 15.3. The van der Waals surface area contributed by atoms with Crippen molar-refractivity contribution in [1.82, 2.24) is 14.8 Å². The summed E-state index contributed by atoms with van der Waals surface area (Å²) in [6.07, 6.45) is 3.65. The molecule has 3 rings (SSSR count). The van der Waals surface area contributed by atoms with Crippen molar-refractivity contribution >= 4 is 11.7 Å². The highest BCUT2D eigenvalue weighted by Gasteiger charge is 2.16. The summed E-state index contributed by atoms with van der Waals surface area (Å²) in [5, 5.41) is 7.56. The van der Waals surface area contributed by atoms with Crippen LogP contribution in [-0.2, 0) is 11.3 Å². The number of rotatable bonds is 6. The van der Waals surface area contributed by atoms with Gasteiger partial charge in [0.1, 0.15) is 17.3 Å². The molecule has 0 radical (unpaired) electrons. The van der Waals surface area contributed by atoms with Gasteiger partial charge in [0.15, 0.2) is 0 Å². The highest BCUT2D eigenvalue weighted by molar-refractivity contribution is 5.92. The van der Waals surface area contributed by atoms with Gasteiger partial charge in [-0.15, -0.1) is 0 Å². The van der Waals surface area contributed by atoms with E-state index in [0.29, 0.717) is 11.7 Å². The van der Waals surface area contributed by atoms with Crippen molar-refractivity contribution in [2.75, 3.05) is 5.32 Å². The lowest BCUT2D eigenvalue weighted by Gasteiger charge is -2.08. The molecule has 1 aromatic carbocycles. The van der Waals surface area contributed by atoms with Gasteiger partial charge in [-0.2, -0.15) is 5.10 Å². The average Bonchev–Trinajstić information content (AvgIpc) is 3.05. The van der Waals surface area contributed by atoms with Gasteiger partial charge in [0.05, 0.1) is 0 Å². The first-order valence-corrected chi connectivity index (χ1v) is 9.44. The molecular weight excluding hydrogens is 355 g/mol. The van der Waals surface area contributed by atoms with Crippen LogP contribution in [0.3, 0.4) is 0 Å². The van der Waals surface area contributed by atoms with Gasteiger partial charge in [-0.3, -0.25) is 9.48 Å². The van der Waals surface area contributed by atoms with Crippen molar-refractivity contribution in [3.63, 3.8) is 0 Å². The van der Waals surface area contributed by atoms with Gasteiger partial charge in [-0.05, 0) is 47.9 Å². The highest BCUT2D eigenvalue weighted by Crippen LogP contribution is 2.32. The van der Waals surface area contributed by atoms with Gasteiger partial charge in [-0.1, -0.05) is 27.7 Å². The maximum Gasteiger partial charge on any atom is 0.228 e. The van der Waals surface area contributed by atoms with E-state index in [-0.39, 0.29) is 17.6 Å². The number of carbonyl (C=O) groups is 1. The minimum Gasteiger partial charge on any atom is -0.310 e. The molecule has 1 N–H and O–H groups in total. The maximum absolute atomic E-state index is 13.4. The summed E-state index contributed by atoms with van der Waals surface area (Å²) in [6.45, 7) is 8.70. The van der Waals surface area contributed by atoms with E-state index in [4.69, 9.17) is 5.10 Å². The topological polar surface area (TPSA) is 59.8 Å². The van der Waals surface area contributed by atoms with Crippen LogP contribution in [-0.4, -0.2) is 20.7 Å². The second kappa shape index (κ2) is 8.33. The third-order valence-electron chi connectivity index (χ3n) is 4.28. The Hall–Kier alpha value is -3.02. The number of hydrogen-bond donors (Lipinski definition) is 1. The number of anilines is 1. The number of amides is 1. The Bertz CT molecular complexity index is 961. The number of halogens is 1. The maximum atomic E-state index is 13.4. The molecule has 0 unspecified atom stereocenters. The fraction of sp³-hybridized carbons (Fsp3) is 0.318. The predicted molar refractivity (Wildman–Crippen MR) is 109 cm³/mol. The quantitative estimate of drug-likeness (QED) is 0.654. The van der Waals surface area contributed by atoms with E-state index in [1.54, 1.807) is 18.3 Å². The first-order chi connectivity index (χ1) is 13.3. The third kappa shape index (κ3) is 4.63. The van der Waals surface area contributed by atoms with Gasteiger partial charge in [0, 0.05) is 36.0 Å². The molecule has 5 nitrogen and oxygen atoms in total. The van der Waals surface area contributed by atoms with Crippen LogP contribution in [0.2, 0.25) is 0 Å². The zero-order chi connectivity index (χ0) is 20.3. The van der Waals surface area contributed by atoms with Gasteiger partial charge in [0.25, 0.3) is 0 Å². The summed E-state index contributed by atoms with van der Waals surface area (Å²) in [5.41, 5.74) is 3.41. The molecule has 0 aliphatic rings. The zero-order valence-corrected chi connectivity index (χ0v) is 16.6. The van der Waals surface area contributed by atoms with Gasteiger partial charge < -0.3 is 5.32 Å². The van der Waals surface area contributed by atoms with Crippen molar-refractivity contribution in [2.45, 2.75) is 34.2 Å². The van der Waals surface area contributed by atoms with Crippen LogP contribution >= 0.6 is 0 Å². The molecule has 2 aromatic heterocycles. The molecule has 0 fully saturated rings. The van der Waals surface area contributed by atoms with E-state index in [1.807, 2.05) is 36.9 Å². The van der Waals surface area contributed by atoms with E-state index in [2.05, 4.69) is 24.1 Å². The first-order valence-electron chi connectivity index (χ1n) is 9.44. The van der Waals surface area contributed by atoms with Gasteiger partial charge in [0.2, 0.25) is 5.91 Å². The lowest BCUT2D eigenvalue weighted by Crippen LogP contribution is -2.18. The summed E-state index contributed by atoms with van der Waals surface area (Å²) >= 11 is 0. The number of pyridine rings is 1. The Balaban J connectivity index is 2.03. The monoisotopic (exact) mass is 380 g/mol. The molecule has 0 aliphatic carbocycles. The smallest absolute Gasteiger partial charge is 0.228 e. The van der Waals surface area contributed by atoms with E-state index < -0.39 is 0 Å². The fourth-order valence-electron chi connectivity index (χ4n) is 2.86. The molecule has 0 bridgehead atoms. The van der Waals surface area contributed by atoms with Crippen LogP contribution in [0.5, 0.6) is 0 Å². The Morgan fingerprint density at radius 3 is 2.46 bits per heavy atom. The van der Waals surface area contributed by atoms with Crippen LogP contribution in [0.4, 0.5) is 10.2 Å². The molecule has 1 amide bonds. The zero-order valence-electron chi connectivity index (χ0n) is 16.6. The van der Waals surface area contributed by atoms with Crippen LogP contribution in [0, 0.1) is 17.7 Å². The van der Waals surface area contributed by atoms with Gasteiger partial charge >= 0.3 is 0 Å². The molecule has 0 saturated carbocycles. The Morgan fingerprint density at radius 2 is 1.82 bits per heavy atom. The van der Waals surface area contributed by atoms with Crippen molar-refractivity contribution in [1.29, 1.82) is 0 Å². The number of nitrogens with zero attached hydrogens (tertiary/aromatic N) is 3. The van der Waals surface area contributed by atoms with E-state index >= 15 is 0 Å². The Labute approximate surface area is 164 Å². The minimum absolute atomic E-state index is 0.0843. The second-order valence-corrected chi connectivity index (χ2v) is 7.59. The number of hydrogen-bond acceptors (Lipinski definition) is 3. The predicted octanol–water partition coefficient (Wildman–Crippen LogP) is 5.00. The number of carbonyl (C=O) groups excluding carboxylic acids is 1. The summed E-state index contributed by atoms with van der Waals surface area (Å²) in [7, 11) is 0. The van der Waals surface area contributed by atoms with Crippen LogP contribution in [0.25, 0.3) is 22.4 Å². The van der Waals surface area contributed by atoms with Crippen molar-refractivity contribution in [2.24, 2.45) is 11.8 Å². The third-order valence-corrected chi connectivity index (χ3v) is 4.28. The molecule has 0 atom stereocenters. The van der Waals surface area contributed by atoms with Crippen molar-refractivity contribution in [3.05, 3.63) is 54.6 Å². The van der Waals surface area contributed by atoms with Gasteiger partial charge in [-0.25, -0.2) is 9.37 Å². The minimum atomic E-state index is -0.283. The molecule has 146 valence electrons. The molecule has 2 heterocycles. The molecule has 0 spiro atoms. The van der Waals surface area contributed by atoms with E-state index in [9.17, 15) is 9.18 Å². The number of aromatic nitrogens is 3. The van der Waals surface area contributed by atoms with Crippen molar-refractivity contribution < 1.29 is 9.18 Å². The van der Waals surface area contributed by atoms with Crippen LogP contribution in [0.15, 0.2) is 48.8 Å². The standard InChI is InChI=1S/C22H25FN4O/c1-14(2)12-27-13-19(21(26-27)16-5-7-18(23)8-6-16)17-9-10-24-20(11-17)25-22(28)15(3)4/h5-11,13-15H,12H2,1-4H3,(H,24,25,28). The molecule has 0 saturated heterocycles. The van der Waals surface area contributed by atoms with Crippen LogP contribution < -0.4 is 5.32 Å². The molecule has 0 aliphatic heterocycles. The fourth-order valence-corrected chi connectivity index (χ4v) is 2.86. The molecule has 3 aromatic rings. The second-order valence-electron chi connectivity index (χ2n) is 7.59. The molecule has 6 heteroatoms. The highest BCUT2D eigenvalue weighted by atomic mass is 19.1. The largest absolute Gasteiger partial charge is 0.310 e. The summed E-state index contributed by atoms with van der Waals surface area (Å²) in [4.78, 5) is 16.3. The summed E-state index contributed by atoms with van der Waals surface area (Å²) in [6, 6.07) is 10.0. The summed E-state index contributed by atoms with van der Waals surface area (Å²) in [5.74, 6) is 0.437. The van der Waals surface area contributed by atoms with Crippen molar-refractivity contribution in [3.8, 4) is 22.4 Å². The van der Waals surface area contributed by atoms with E-state index in [1.165, 1.54) is 12.1 Å². The van der Waals surface area contributed by atoms with Crippen LogP contribution in [0.1, 0.15) is 27.7 Å². The molecular formula is C22H25FN4O. The average molecular weight is 380 g/mol. The first kappa shape index (κ1) is 19.7.